The molecule has 0 spiro atoms. The van der Waals surface area contributed by atoms with Crippen molar-refractivity contribution in [2.45, 2.75) is 56.9 Å². The van der Waals surface area contributed by atoms with Crippen molar-refractivity contribution >= 4 is 15.9 Å². The molecule has 1 aliphatic rings. The first-order valence-electron chi connectivity index (χ1n) is 7.99. The highest BCUT2D eigenvalue weighted by molar-refractivity contribution is 7.89. The fourth-order valence-corrected chi connectivity index (χ4v) is 3.97. The zero-order valence-corrected chi connectivity index (χ0v) is 15.2. The lowest BCUT2D eigenvalue weighted by Crippen LogP contribution is -2.46. The van der Waals surface area contributed by atoms with Gasteiger partial charge in [-0.1, -0.05) is 6.07 Å². The number of likely N-dealkylation sites (N-methyl/N-ethyl adjacent to an activating group) is 1. The van der Waals surface area contributed by atoms with Crippen LogP contribution >= 0.6 is 0 Å². The van der Waals surface area contributed by atoms with Gasteiger partial charge < -0.3 is 5.32 Å². The molecule has 1 aliphatic carbocycles. The van der Waals surface area contributed by atoms with Crippen LogP contribution in [0.3, 0.4) is 0 Å². The second kappa shape index (κ2) is 6.61. The van der Waals surface area contributed by atoms with E-state index in [2.05, 4.69) is 5.32 Å². The van der Waals surface area contributed by atoms with Gasteiger partial charge in [0, 0.05) is 12.6 Å². The van der Waals surface area contributed by atoms with Crippen molar-refractivity contribution in [2.24, 2.45) is 0 Å². The minimum absolute atomic E-state index is 0.184. The number of fused-ring (bicyclic) bond motifs is 1. The summed E-state index contributed by atoms with van der Waals surface area (Å²) in [6.07, 6.45) is 4.19. The molecule has 0 bridgehead atoms. The molecule has 2 rings (SSSR count). The quantitative estimate of drug-likeness (QED) is 0.914. The molecule has 1 N–H and O–H groups in total. The van der Waals surface area contributed by atoms with Gasteiger partial charge in [-0.3, -0.25) is 4.79 Å². The molecule has 1 amide bonds. The van der Waals surface area contributed by atoms with Crippen LogP contribution < -0.4 is 5.32 Å². The molecule has 0 radical (unpaired) electrons. The Kier molecular flexibility index (Phi) is 5.16. The summed E-state index contributed by atoms with van der Waals surface area (Å²) in [7, 11) is -2.21. The van der Waals surface area contributed by atoms with E-state index in [-0.39, 0.29) is 22.9 Å². The van der Waals surface area contributed by atoms with E-state index in [9.17, 15) is 13.2 Å². The summed E-state index contributed by atoms with van der Waals surface area (Å²) in [5.41, 5.74) is 1.97. The number of carbonyl (C=O) groups excluding carboxylic acids is 1. The van der Waals surface area contributed by atoms with Crippen LogP contribution in [-0.4, -0.2) is 37.8 Å². The summed E-state index contributed by atoms with van der Waals surface area (Å²) in [4.78, 5) is 12.2. The lowest BCUT2D eigenvalue weighted by atomic mass is 9.92. The lowest BCUT2D eigenvalue weighted by molar-refractivity contribution is -0.122. The summed E-state index contributed by atoms with van der Waals surface area (Å²) >= 11 is 0. The van der Waals surface area contributed by atoms with Crippen molar-refractivity contribution < 1.29 is 13.2 Å². The molecule has 0 atom stereocenters. The van der Waals surface area contributed by atoms with E-state index in [1.807, 2.05) is 26.8 Å². The molecule has 1 aromatic carbocycles. The Morgan fingerprint density at radius 3 is 2.39 bits per heavy atom. The smallest absolute Gasteiger partial charge is 0.243 e. The first-order chi connectivity index (χ1) is 10.6. The Morgan fingerprint density at radius 2 is 1.78 bits per heavy atom. The van der Waals surface area contributed by atoms with Crippen molar-refractivity contribution in [3.05, 3.63) is 29.3 Å². The number of hydrogen-bond donors (Lipinski definition) is 1. The first kappa shape index (κ1) is 17.9. The third-order valence-corrected chi connectivity index (χ3v) is 5.71. The van der Waals surface area contributed by atoms with Gasteiger partial charge in [0.15, 0.2) is 0 Å². The van der Waals surface area contributed by atoms with Gasteiger partial charge in [-0.25, -0.2) is 8.42 Å². The van der Waals surface area contributed by atoms with Crippen LogP contribution in [0.5, 0.6) is 0 Å². The maximum Gasteiger partial charge on any atom is 0.243 e. The Hall–Kier alpha value is -1.40. The van der Waals surface area contributed by atoms with E-state index >= 15 is 0 Å². The highest BCUT2D eigenvalue weighted by Gasteiger charge is 2.25. The van der Waals surface area contributed by atoms with E-state index < -0.39 is 10.0 Å². The molecule has 0 unspecified atom stereocenters. The van der Waals surface area contributed by atoms with Gasteiger partial charge in [0.25, 0.3) is 0 Å². The average molecular weight is 338 g/mol. The summed E-state index contributed by atoms with van der Waals surface area (Å²) in [6, 6.07) is 5.32. The van der Waals surface area contributed by atoms with Crippen LogP contribution in [0.25, 0.3) is 0 Å². The molecule has 0 heterocycles. The van der Waals surface area contributed by atoms with E-state index in [1.54, 1.807) is 12.1 Å². The van der Waals surface area contributed by atoms with Gasteiger partial charge in [0.05, 0.1) is 11.4 Å². The van der Waals surface area contributed by atoms with Gasteiger partial charge >= 0.3 is 0 Å². The van der Waals surface area contributed by atoms with Crippen LogP contribution in [-0.2, 0) is 27.7 Å². The largest absolute Gasteiger partial charge is 0.350 e. The lowest BCUT2D eigenvalue weighted by Gasteiger charge is -2.24. The molecule has 1 aromatic rings. The number of nitrogens with zero attached hydrogens (tertiary/aromatic N) is 1. The molecule has 23 heavy (non-hydrogen) atoms. The Balaban J connectivity index is 2.16. The predicted octanol–water partition coefficient (Wildman–Crippen LogP) is 2.10. The maximum absolute atomic E-state index is 12.7. The number of sulfonamides is 1. The second-order valence-corrected chi connectivity index (χ2v) is 9.24. The van der Waals surface area contributed by atoms with E-state index in [0.29, 0.717) is 0 Å². The second-order valence-electron chi connectivity index (χ2n) is 7.20. The molecule has 6 heteroatoms. The Bertz CT molecular complexity index is 690. The monoisotopic (exact) mass is 338 g/mol. The first-order valence-corrected chi connectivity index (χ1v) is 9.43. The maximum atomic E-state index is 12.7. The Morgan fingerprint density at radius 1 is 1.17 bits per heavy atom. The molecule has 128 valence electrons. The normalized spacial score (nSPS) is 15.3. The van der Waals surface area contributed by atoms with Gasteiger partial charge in [-0.2, -0.15) is 4.31 Å². The SMILES string of the molecule is CN(CC(=O)NC(C)(C)C)S(=O)(=O)c1ccc2c(c1)CCCC2. The van der Waals surface area contributed by atoms with Crippen molar-refractivity contribution in [1.82, 2.24) is 9.62 Å². The van der Waals surface area contributed by atoms with Crippen molar-refractivity contribution in [3.8, 4) is 0 Å². The number of benzene rings is 1. The van der Waals surface area contributed by atoms with Gasteiger partial charge in [0.2, 0.25) is 15.9 Å². The third-order valence-electron chi connectivity index (χ3n) is 3.91. The van der Waals surface area contributed by atoms with Gasteiger partial charge in [-0.05, 0) is 69.7 Å². The zero-order valence-electron chi connectivity index (χ0n) is 14.3. The molecular weight excluding hydrogens is 312 g/mol. The summed E-state index contributed by atoms with van der Waals surface area (Å²) in [5, 5.41) is 2.78. The van der Waals surface area contributed by atoms with Crippen molar-refractivity contribution in [1.29, 1.82) is 0 Å². The zero-order chi connectivity index (χ0) is 17.3. The minimum Gasteiger partial charge on any atom is -0.350 e. The standard InChI is InChI=1S/C17H26N2O3S/c1-17(2,3)18-16(20)12-19(4)23(21,22)15-10-9-13-7-5-6-8-14(13)11-15/h9-11H,5-8,12H2,1-4H3,(H,18,20). The third kappa shape index (κ3) is 4.54. The highest BCUT2D eigenvalue weighted by Crippen LogP contribution is 2.25. The number of hydrogen-bond acceptors (Lipinski definition) is 3. The predicted molar refractivity (Wildman–Crippen MR) is 90.8 cm³/mol. The van der Waals surface area contributed by atoms with Crippen LogP contribution in [0.2, 0.25) is 0 Å². The minimum atomic E-state index is -3.65. The molecule has 0 aromatic heterocycles. The molecule has 0 aliphatic heterocycles. The van der Waals surface area contributed by atoms with Crippen molar-refractivity contribution in [2.75, 3.05) is 13.6 Å². The molecule has 0 fully saturated rings. The van der Waals surface area contributed by atoms with E-state index in [4.69, 9.17) is 0 Å². The molecule has 0 saturated carbocycles. The summed E-state index contributed by atoms with van der Waals surface area (Å²) in [5.74, 6) is -0.304. The van der Waals surface area contributed by atoms with Crippen LogP contribution in [0.15, 0.2) is 23.1 Å². The van der Waals surface area contributed by atoms with E-state index in [0.717, 1.165) is 35.6 Å². The van der Waals surface area contributed by atoms with Gasteiger partial charge in [0.1, 0.15) is 0 Å². The van der Waals surface area contributed by atoms with Crippen molar-refractivity contribution in [3.63, 3.8) is 0 Å². The molecular formula is C17H26N2O3S. The number of carbonyl (C=O) groups is 1. The summed E-state index contributed by atoms with van der Waals surface area (Å²) in [6.45, 7) is 5.41. The van der Waals surface area contributed by atoms with Gasteiger partial charge in [-0.15, -0.1) is 0 Å². The number of aryl methyl sites for hydroxylation is 2. The van der Waals surface area contributed by atoms with Crippen LogP contribution in [0.4, 0.5) is 0 Å². The topological polar surface area (TPSA) is 66.5 Å². The van der Waals surface area contributed by atoms with E-state index in [1.165, 1.54) is 12.6 Å². The molecule has 0 saturated heterocycles. The number of rotatable bonds is 4. The summed E-state index contributed by atoms with van der Waals surface area (Å²) < 4.78 is 26.4. The fraction of sp³-hybridized carbons (Fsp3) is 0.588. The Labute approximate surface area is 139 Å². The van der Waals surface area contributed by atoms with Crippen LogP contribution in [0, 0.1) is 0 Å². The average Bonchev–Trinajstić information content (AvgIpc) is 2.44. The molecule has 5 nitrogen and oxygen atoms in total. The highest BCUT2D eigenvalue weighted by atomic mass is 32.2. The number of nitrogens with one attached hydrogen (secondary N) is 1. The van der Waals surface area contributed by atoms with Crippen LogP contribution in [0.1, 0.15) is 44.7 Å². The number of amides is 1. The fourth-order valence-electron chi connectivity index (χ4n) is 2.80.